The lowest BCUT2D eigenvalue weighted by Crippen LogP contribution is -2.00. The van der Waals surface area contributed by atoms with E-state index < -0.39 is 0 Å². The summed E-state index contributed by atoms with van der Waals surface area (Å²) in [6, 6.07) is 5.08. The maximum atomic E-state index is 6.15. The summed E-state index contributed by atoms with van der Waals surface area (Å²) in [5.41, 5.74) is 0. The van der Waals surface area contributed by atoms with Gasteiger partial charge in [-0.25, -0.2) is 0 Å². The highest BCUT2D eigenvalue weighted by Gasteiger charge is 2.25. The summed E-state index contributed by atoms with van der Waals surface area (Å²) in [5.74, 6) is 1.90. The molecule has 1 aliphatic heterocycles. The van der Waals surface area contributed by atoms with Gasteiger partial charge in [-0.2, -0.15) is 0 Å². The van der Waals surface area contributed by atoms with Gasteiger partial charge in [-0.05, 0) is 31.9 Å². The summed E-state index contributed by atoms with van der Waals surface area (Å²) in [6.45, 7) is 0. The molecule has 2 aromatic carbocycles. The van der Waals surface area contributed by atoms with Crippen LogP contribution in [0.4, 0.5) is 0 Å². The molecule has 0 radical (unpaired) electrons. The van der Waals surface area contributed by atoms with Gasteiger partial charge < -0.3 is 9.47 Å². The zero-order chi connectivity index (χ0) is 13.7. The fourth-order valence-electron chi connectivity index (χ4n) is 1.63. The molecule has 0 spiro atoms. The lowest BCUT2D eigenvalue weighted by Gasteiger charge is -2.22. The Kier molecular flexibility index (Phi) is 3.65. The Morgan fingerprint density at radius 1 is 0.737 bits per heavy atom. The van der Waals surface area contributed by atoms with Crippen LogP contribution in [0.5, 0.6) is 23.0 Å². The Balaban J connectivity index is 2.17. The predicted molar refractivity (Wildman–Crippen MR) is 83.5 cm³/mol. The third-order valence-corrected chi connectivity index (χ3v) is 5.40. The van der Waals surface area contributed by atoms with Gasteiger partial charge in [-0.15, -0.1) is 0 Å². The van der Waals surface area contributed by atoms with Crippen LogP contribution < -0.4 is 9.47 Å². The third-order valence-electron chi connectivity index (χ3n) is 2.50. The lowest BCUT2D eigenvalue weighted by molar-refractivity contribution is 0.359. The van der Waals surface area contributed by atoms with E-state index in [1.807, 2.05) is 0 Å². The molecule has 0 aromatic heterocycles. The van der Waals surface area contributed by atoms with Crippen molar-refractivity contribution in [2.75, 3.05) is 0 Å². The van der Waals surface area contributed by atoms with Gasteiger partial charge >= 0.3 is 0 Å². The first-order valence-corrected chi connectivity index (χ1v) is 7.71. The van der Waals surface area contributed by atoms with E-state index in [1.165, 1.54) is 0 Å². The minimum atomic E-state index is 0.294. The Labute approximate surface area is 140 Å². The topological polar surface area (TPSA) is 18.5 Å². The molecule has 1 aliphatic rings. The molecule has 0 fully saturated rings. The summed E-state index contributed by atoms with van der Waals surface area (Å²) >= 11 is 24.9. The van der Waals surface area contributed by atoms with Crippen molar-refractivity contribution in [2.45, 2.75) is 0 Å². The molecule has 0 saturated heterocycles. The molecule has 3 rings (SSSR count). The molecule has 1 heterocycles. The fourth-order valence-corrected chi connectivity index (χ4v) is 3.00. The smallest absolute Gasteiger partial charge is 0.190 e. The highest BCUT2D eigenvalue weighted by atomic mass is 79.9. The largest absolute Gasteiger partial charge is 0.449 e. The summed E-state index contributed by atoms with van der Waals surface area (Å²) in [5, 5.41) is 1.20. The second-order valence-corrected chi connectivity index (χ2v) is 6.60. The minimum Gasteiger partial charge on any atom is -0.449 e. The number of hydrogen-bond donors (Lipinski definition) is 0. The zero-order valence-electron chi connectivity index (χ0n) is 8.94. The van der Waals surface area contributed by atoms with Gasteiger partial charge in [0.1, 0.15) is 5.02 Å². The molecule has 7 heteroatoms. The average Bonchev–Trinajstić information content (AvgIpc) is 2.37. The van der Waals surface area contributed by atoms with Gasteiger partial charge in [0.05, 0.1) is 10.0 Å². The second-order valence-electron chi connectivity index (χ2n) is 3.73. The molecule has 0 saturated carbocycles. The van der Waals surface area contributed by atoms with Crippen molar-refractivity contribution in [3.05, 3.63) is 42.2 Å². The summed E-state index contributed by atoms with van der Waals surface area (Å²) in [6.07, 6.45) is 0. The van der Waals surface area contributed by atoms with Crippen molar-refractivity contribution in [3.63, 3.8) is 0 Å². The predicted octanol–water partition coefficient (Wildman–Crippen LogP) is 7.07. The number of halogens is 5. The molecule has 0 atom stereocenters. The summed E-state index contributed by atoms with van der Waals surface area (Å²) < 4.78 is 12.8. The van der Waals surface area contributed by atoms with Gasteiger partial charge in [-0.3, -0.25) is 0 Å². The highest BCUT2D eigenvalue weighted by molar-refractivity contribution is 9.10. The number of benzene rings is 2. The zero-order valence-corrected chi connectivity index (χ0v) is 14.4. The van der Waals surface area contributed by atoms with E-state index in [4.69, 9.17) is 44.3 Å². The van der Waals surface area contributed by atoms with Gasteiger partial charge in [0.25, 0.3) is 0 Å². The van der Waals surface area contributed by atoms with E-state index >= 15 is 0 Å². The van der Waals surface area contributed by atoms with Crippen LogP contribution in [0.3, 0.4) is 0 Å². The van der Waals surface area contributed by atoms with E-state index in [0.29, 0.717) is 47.0 Å². The first-order valence-electron chi connectivity index (χ1n) is 4.99. The maximum absolute atomic E-state index is 6.15. The first kappa shape index (κ1) is 13.8. The number of fused-ring (bicyclic) bond motifs is 2. The molecule has 0 amide bonds. The second kappa shape index (κ2) is 5.01. The molecule has 2 nitrogen and oxygen atoms in total. The first-order chi connectivity index (χ1) is 8.97. The highest BCUT2D eigenvalue weighted by Crippen LogP contribution is 2.53. The quantitative estimate of drug-likeness (QED) is 0.345. The van der Waals surface area contributed by atoms with Crippen LogP contribution in [0.1, 0.15) is 0 Å². The number of hydrogen-bond acceptors (Lipinski definition) is 2. The molecule has 98 valence electrons. The molecule has 0 bridgehead atoms. The van der Waals surface area contributed by atoms with E-state index in [2.05, 4.69) is 31.9 Å². The van der Waals surface area contributed by atoms with E-state index in [1.54, 1.807) is 18.2 Å². The van der Waals surface area contributed by atoms with Crippen LogP contribution in [0.25, 0.3) is 0 Å². The van der Waals surface area contributed by atoms with Crippen molar-refractivity contribution in [1.82, 2.24) is 0 Å². The normalized spacial score (nSPS) is 12.3. The fraction of sp³-hybridized carbons (Fsp3) is 0. The van der Waals surface area contributed by atoms with Crippen LogP contribution in [0.15, 0.2) is 27.1 Å². The molecule has 2 aromatic rings. The SMILES string of the molecule is Clc1cc2c(cc1Br)Oc1c(cc(Br)c(Cl)c1Cl)O2. The van der Waals surface area contributed by atoms with Gasteiger partial charge in [0, 0.05) is 27.1 Å². The number of ether oxygens (including phenoxy) is 2. The molecular formula is C12H3Br2Cl3O2. The van der Waals surface area contributed by atoms with Crippen molar-refractivity contribution in [2.24, 2.45) is 0 Å². The van der Waals surface area contributed by atoms with E-state index in [-0.39, 0.29) is 0 Å². The summed E-state index contributed by atoms with van der Waals surface area (Å²) in [7, 11) is 0. The average molecular weight is 445 g/mol. The van der Waals surface area contributed by atoms with E-state index in [9.17, 15) is 0 Å². The van der Waals surface area contributed by atoms with E-state index in [0.717, 1.165) is 0 Å². The molecule has 19 heavy (non-hydrogen) atoms. The van der Waals surface area contributed by atoms with Crippen LogP contribution >= 0.6 is 66.7 Å². The van der Waals surface area contributed by atoms with Crippen LogP contribution in [0, 0.1) is 0 Å². The van der Waals surface area contributed by atoms with Gasteiger partial charge in [0.2, 0.25) is 0 Å². The van der Waals surface area contributed by atoms with Crippen LogP contribution in [-0.2, 0) is 0 Å². The molecule has 0 aliphatic carbocycles. The van der Waals surface area contributed by atoms with Crippen molar-refractivity contribution >= 4 is 66.7 Å². The van der Waals surface area contributed by atoms with Crippen molar-refractivity contribution < 1.29 is 9.47 Å². The molecule has 0 N–H and O–H groups in total. The Morgan fingerprint density at radius 3 is 2.11 bits per heavy atom. The Morgan fingerprint density at radius 2 is 1.37 bits per heavy atom. The lowest BCUT2D eigenvalue weighted by atomic mass is 10.2. The minimum absolute atomic E-state index is 0.294. The van der Waals surface area contributed by atoms with Crippen LogP contribution in [-0.4, -0.2) is 0 Å². The van der Waals surface area contributed by atoms with Crippen molar-refractivity contribution in [1.29, 1.82) is 0 Å². The maximum Gasteiger partial charge on any atom is 0.190 e. The third kappa shape index (κ3) is 2.34. The van der Waals surface area contributed by atoms with Crippen molar-refractivity contribution in [3.8, 4) is 23.0 Å². The van der Waals surface area contributed by atoms with Gasteiger partial charge in [-0.1, -0.05) is 34.8 Å². The molecule has 0 unspecified atom stereocenters. The van der Waals surface area contributed by atoms with Crippen LogP contribution in [0.2, 0.25) is 15.1 Å². The standard InChI is InChI=1S/C12H3Br2Cl3O2/c13-4-1-7-8(3-6(4)15)18-9-2-5(14)10(16)11(17)12(9)19-7/h1-3H. The molecular weight excluding hydrogens is 442 g/mol. The summed E-state index contributed by atoms with van der Waals surface area (Å²) in [4.78, 5) is 0. The van der Waals surface area contributed by atoms with Gasteiger partial charge in [0.15, 0.2) is 23.0 Å². The Bertz CT molecular complexity index is 704. The Hall–Kier alpha value is -0.130. The number of rotatable bonds is 0. The monoisotopic (exact) mass is 442 g/mol.